The Kier molecular flexibility index (Phi) is 2.73. The molecule has 0 spiro atoms. The van der Waals surface area contributed by atoms with Crippen molar-refractivity contribution in [1.29, 1.82) is 0 Å². The number of hydrogen-bond donors (Lipinski definition) is 0. The van der Waals surface area contributed by atoms with E-state index in [0.717, 1.165) is 16.9 Å². The van der Waals surface area contributed by atoms with E-state index >= 15 is 0 Å². The molecule has 1 aromatic carbocycles. The van der Waals surface area contributed by atoms with Crippen molar-refractivity contribution in [2.75, 3.05) is 20.7 Å². The van der Waals surface area contributed by atoms with E-state index in [-0.39, 0.29) is 6.09 Å². The molecule has 4 heteroatoms. The molecule has 0 saturated carbocycles. The Balaban J connectivity index is 2.46. The number of methoxy groups -OCH3 is 1. The number of carbonyl (C=O) groups is 1. The van der Waals surface area contributed by atoms with Crippen molar-refractivity contribution in [3.05, 3.63) is 29.3 Å². The molecule has 0 radical (unpaired) electrons. The third-order valence-corrected chi connectivity index (χ3v) is 3.09. The predicted molar refractivity (Wildman–Crippen MR) is 64.2 cm³/mol. The Morgan fingerprint density at radius 3 is 2.71 bits per heavy atom. The lowest BCUT2D eigenvalue weighted by Crippen LogP contribution is -2.27. The molecular weight excluding hydrogens is 218 g/mol. The quantitative estimate of drug-likeness (QED) is 0.789. The van der Waals surface area contributed by atoms with Crippen molar-refractivity contribution in [2.24, 2.45) is 0 Å². The molecule has 1 aliphatic heterocycles. The van der Waals surface area contributed by atoms with E-state index in [9.17, 15) is 4.79 Å². The zero-order valence-electron chi connectivity index (χ0n) is 10.6. The van der Waals surface area contributed by atoms with Crippen molar-refractivity contribution in [3.63, 3.8) is 0 Å². The summed E-state index contributed by atoms with van der Waals surface area (Å²) < 4.78 is 10.8. The zero-order valence-corrected chi connectivity index (χ0v) is 10.6. The summed E-state index contributed by atoms with van der Waals surface area (Å²) >= 11 is 0. The van der Waals surface area contributed by atoms with Gasteiger partial charge in [-0.1, -0.05) is 11.6 Å². The van der Waals surface area contributed by atoms with Gasteiger partial charge in [0.1, 0.15) is 5.75 Å². The molecule has 0 N–H and O–H groups in total. The molecule has 17 heavy (non-hydrogen) atoms. The second kappa shape index (κ2) is 3.95. The average Bonchev–Trinajstić information content (AvgIpc) is 2.54. The minimum atomic E-state index is -0.636. The maximum atomic E-state index is 11.5. The summed E-state index contributed by atoms with van der Waals surface area (Å²) in [5.41, 5.74) is 1.40. The van der Waals surface area contributed by atoms with Crippen molar-refractivity contribution in [3.8, 4) is 5.75 Å². The number of carbonyl (C=O) groups excluding carboxylic acids is 1. The van der Waals surface area contributed by atoms with Gasteiger partial charge in [0.25, 0.3) is 0 Å². The van der Waals surface area contributed by atoms with Crippen LogP contribution in [-0.4, -0.2) is 31.7 Å². The molecule has 2 rings (SSSR count). The Morgan fingerprint density at radius 1 is 1.47 bits per heavy atom. The maximum Gasteiger partial charge on any atom is 0.410 e. The first-order valence-electron chi connectivity index (χ1n) is 5.55. The van der Waals surface area contributed by atoms with E-state index in [1.54, 1.807) is 19.1 Å². The van der Waals surface area contributed by atoms with Crippen LogP contribution in [0.25, 0.3) is 0 Å². The number of aryl methyl sites for hydroxylation is 1. The van der Waals surface area contributed by atoms with Gasteiger partial charge in [0, 0.05) is 12.6 Å². The van der Waals surface area contributed by atoms with E-state index in [1.807, 2.05) is 32.0 Å². The van der Waals surface area contributed by atoms with Crippen LogP contribution >= 0.6 is 0 Å². The fraction of sp³-hybridized carbons (Fsp3) is 0.462. The third-order valence-electron chi connectivity index (χ3n) is 3.09. The van der Waals surface area contributed by atoms with Crippen molar-refractivity contribution in [1.82, 2.24) is 4.90 Å². The summed E-state index contributed by atoms with van der Waals surface area (Å²) in [5.74, 6) is 0.751. The Morgan fingerprint density at radius 2 is 2.18 bits per heavy atom. The van der Waals surface area contributed by atoms with Gasteiger partial charge in [-0.05, 0) is 26.0 Å². The number of hydrogen-bond acceptors (Lipinski definition) is 3. The monoisotopic (exact) mass is 235 g/mol. The molecule has 0 bridgehead atoms. The second-order valence-corrected chi connectivity index (χ2v) is 4.66. The largest absolute Gasteiger partial charge is 0.496 e. The van der Waals surface area contributed by atoms with Gasteiger partial charge in [0.05, 0.1) is 13.7 Å². The average molecular weight is 235 g/mol. The lowest BCUT2D eigenvalue weighted by Gasteiger charge is -2.24. The van der Waals surface area contributed by atoms with Crippen LogP contribution in [0.2, 0.25) is 0 Å². The van der Waals surface area contributed by atoms with Crippen LogP contribution < -0.4 is 4.74 Å². The maximum absolute atomic E-state index is 11.5. The lowest BCUT2D eigenvalue weighted by molar-refractivity contribution is 0.0680. The number of nitrogens with zero attached hydrogens (tertiary/aromatic N) is 1. The van der Waals surface area contributed by atoms with Gasteiger partial charge < -0.3 is 14.4 Å². The lowest BCUT2D eigenvalue weighted by atomic mass is 9.93. The molecule has 1 saturated heterocycles. The van der Waals surface area contributed by atoms with Gasteiger partial charge in [-0.3, -0.25) is 0 Å². The van der Waals surface area contributed by atoms with E-state index in [0.29, 0.717) is 6.54 Å². The van der Waals surface area contributed by atoms with Crippen LogP contribution in [0.5, 0.6) is 5.75 Å². The van der Waals surface area contributed by atoms with Gasteiger partial charge in [-0.15, -0.1) is 0 Å². The van der Waals surface area contributed by atoms with E-state index in [2.05, 4.69) is 0 Å². The van der Waals surface area contributed by atoms with Crippen LogP contribution in [0, 0.1) is 6.92 Å². The highest BCUT2D eigenvalue weighted by atomic mass is 16.6. The van der Waals surface area contributed by atoms with Gasteiger partial charge in [-0.25, -0.2) is 4.79 Å². The molecule has 1 heterocycles. The van der Waals surface area contributed by atoms with Gasteiger partial charge in [0.2, 0.25) is 0 Å². The molecule has 0 aliphatic carbocycles. The second-order valence-electron chi connectivity index (χ2n) is 4.66. The molecule has 1 aliphatic rings. The molecule has 4 nitrogen and oxygen atoms in total. The number of cyclic esters (lactones) is 1. The summed E-state index contributed by atoms with van der Waals surface area (Å²) in [6.07, 6.45) is -0.295. The Hall–Kier alpha value is -1.71. The smallest absolute Gasteiger partial charge is 0.410 e. The number of benzene rings is 1. The number of rotatable bonds is 2. The SMILES string of the molecule is COc1ccc(C)cc1C1(C)CN(C)C(=O)O1. The Labute approximate surface area is 101 Å². The van der Waals surface area contributed by atoms with E-state index in [1.165, 1.54) is 0 Å². The fourth-order valence-electron chi connectivity index (χ4n) is 2.20. The molecule has 1 unspecified atom stereocenters. The molecule has 92 valence electrons. The number of likely N-dealkylation sites (N-methyl/N-ethyl adjacent to an activating group) is 1. The molecule has 0 aromatic heterocycles. The molecule has 1 amide bonds. The van der Waals surface area contributed by atoms with Crippen molar-refractivity contribution < 1.29 is 14.3 Å². The third kappa shape index (κ3) is 1.95. The minimum absolute atomic E-state index is 0.295. The van der Waals surface area contributed by atoms with Crippen LogP contribution in [0.15, 0.2) is 18.2 Å². The number of ether oxygens (including phenoxy) is 2. The van der Waals surface area contributed by atoms with Crippen molar-refractivity contribution >= 4 is 6.09 Å². The summed E-state index contributed by atoms with van der Waals surface area (Å²) in [4.78, 5) is 13.1. The highest BCUT2D eigenvalue weighted by molar-refractivity contribution is 5.71. The van der Waals surface area contributed by atoms with Crippen molar-refractivity contribution in [2.45, 2.75) is 19.4 Å². The summed E-state index contributed by atoms with van der Waals surface area (Å²) in [6.45, 7) is 4.45. The first-order chi connectivity index (χ1) is 7.96. The molecular formula is C13H17NO3. The summed E-state index contributed by atoms with van der Waals surface area (Å²) in [6, 6.07) is 5.89. The predicted octanol–water partition coefficient (Wildman–Crippen LogP) is 2.30. The highest BCUT2D eigenvalue weighted by Crippen LogP contribution is 2.37. The van der Waals surface area contributed by atoms with Crippen LogP contribution in [-0.2, 0) is 10.3 Å². The Bertz CT molecular complexity index is 458. The molecule has 1 atom stereocenters. The van der Waals surface area contributed by atoms with Gasteiger partial charge >= 0.3 is 6.09 Å². The first kappa shape index (κ1) is 11.8. The molecule has 1 aromatic rings. The van der Waals surface area contributed by atoms with E-state index < -0.39 is 5.60 Å². The molecule has 1 fully saturated rings. The topological polar surface area (TPSA) is 38.8 Å². The summed E-state index contributed by atoms with van der Waals surface area (Å²) in [7, 11) is 3.36. The summed E-state index contributed by atoms with van der Waals surface area (Å²) in [5, 5.41) is 0. The minimum Gasteiger partial charge on any atom is -0.496 e. The normalized spacial score (nSPS) is 23.8. The number of amides is 1. The fourth-order valence-corrected chi connectivity index (χ4v) is 2.20. The van der Waals surface area contributed by atoms with E-state index in [4.69, 9.17) is 9.47 Å². The van der Waals surface area contributed by atoms with Gasteiger partial charge in [0.15, 0.2) is 5.60 Å². The van der Waals surface area contributed by atoms with Crippen LogP contribution in [0.4, 0.5) is 4.79 Å². The van der Waals surface area contributed by atoms with Crippen LogP contribution in [0.3, 0.4) is 0 Å². The zero-order chi connectivity index (χ0) is 12.6. The highest BCUT2D eigenvalue weighted by Gasteiger charge is 2.42. The van der Waals surface area contributed by atoms with Crippen LogP contribution in [0.1, 0.15) is 18.1 Å². The first-order valence-corrected chi connectivity index (χ1v) is 5.55. The standard InChI is InChI=1S/C13H17NO3/c1-9-5-6-11(16-4)10(7-9)13(2)8-14(3)12(15)17-13/h5-7H,8H2,1-4H3. The van der Waals surface area contributed by atoms with Gasteiger partial charge in [-0.2, -0.15) is 0 Å².